The Balaban J connectivity index is 2.51. The Morgan fingerprint density at radius 3 is 3.21 bits per heavy atom. The molecule has 0 saturated carbocycles. The average Bonchev–Trinajstić information content (AvgIpc) is 2.53. The second-order valence-electron chi connectivity index (χ2n) is 2.93. The summed E-state index contributed by atoms with van der Waals surface area (Å²) in [5, 5.41) is 5.19. The van der Waals surface area contributed by atoms with Crippen molar-refractivity contribution in [3.8, 4) is 0 Å². The molecule has 3 aromatic heterocycles. The molecule has 5 heteroatoms. The lowest BCUT2D eigenvalue weighted by Crippen LogP contribution is -1.91. The fourth-order valence-electron chi connectivity index (χ4n) is 1.38. The van der Waals surface area contributed by atoms with Gasteiger partial charge in [-0.05, 0) is 28.1 Å². The fourth-order valence-corrected chi connectivity index (χ4v) is 1.75. The number of pyridine rings is 1. The summed E-state index contributed by atoms with van der Waals surface area (Å²) < 4.78 is 2.51. The molecule has 0 bridgehead atoms. The number of aromatic nitrogens is 4. The summed E-state index contributed by atoms with van der Waals surface area (Å²) in [6.45, 7) is 0. The number of nitrogens with zero attached hydrogens (tertiary/aromatic N) is 4. The van der Waals surface area contributed by atoms with Crippen molar-refractivity contribution in [2.24, 2.45) is 0 Å². The van der Waals surface area contributed by atoms with Crippen LogP contribution in [0.5, 0.6) is 0 Å². The van der Waals surface area contributed by atoms with E-state index in [4.69, 9.17) is 0 Å². The zero-order valence-electron chi connectivity index (χ0n) is 7.05. The average molecular weight is 249 g/mol. The fraction of sp³-hybridized carbons (Fsp3) is 0. The van der Waals surface area contributed by atoms with E-state index < -0.39 is 0 Å². The van der Waals surface area contributed by atoms with Crippen LogP contribution in [0.15, 0.2) is 35.2 Å². The van der Waals surface area contributed by atoms with Gasteiger partial charge in [-0.1, -0.05) is 0 Å². The predicted molar refractivity (Wildman–Crippen MR) is 56.0 cm³/mol. The molecule has 0 saturated heterocycles. The normalized spacial score (nSPS) is 11.2. The number of hydrogen-bond acceptors (Lipinski definition) is 3. The molecule has 0 fully saturated rings. The summed E-state index contributed by atoms with van der Waals surface area (Å²) in [7, 11) is 0. The Bertz CT molecular complexity index is 564. The van der Waals surface area contributed by atoms with Gasteiger partial charge in [0.05, 0.1) is 0 Å². The Morgan fingerprint density at radius 2 is 2.29 bits per heavy atom. The lowest BCUT2D eigenvalue weighted by atomic mass is 10.3. The van der Waals surface area contributed by atoms with Crippen LogP contribution in [-0.2, 0) is 0 Å². The molecule has 3 heterocycles. The highest BCUT2D eigenvalue weighted by Crippen LogP contribution is 2.14. The van der Waals surface area contributed by atoms with Crippen LogP contribution in [0.2, 0.25) is 0 Å². The van der Waals surface area contributed by atoms with Gasteiger partial charge in [-0.15, -0.1) is 0 Å². The lowest BCUT2D eigenvalue weighted by Gasteiger charge is -1.96. The molecule has 0 unspecified atom stereocenters. The van der Waals surface area contributed by atoms with Gasteiger partial charge < -0.3 is 0 Å². The Kier molecular flexibility index (Phi) is 1.55. The smallest absolute Gasteiger partial charge is 0.163 e. The Morgan fingerprint density at radius 1 is 1.36 bits per heavy atom. The van der Waals surface area contributed by atoms with Crippen LogP contribution in [0.1, 0.15) is 0 Å². The van der Waals surface area contributed by atoms with E-state index >= 15 is 0 Å². The molecule has 0 aliphatic carbocycles. The van der Waals surface area contributed by atoms with Crippen LogP contribution in [0, 0.1) is 0 Å². The van der Waals surface area contributed by atoms with Crippen molar-refractivity contribution in [1.82, 2.24) is 19.6 Å². The van der Waals surface area contributed by atoms with Gasteiger partial charge in [-0.3, -0.25) is 0 Å². The summed E-state index contributed by atoms with van der Waals surface area (Å²) >= 11 is 3.30. The minimum Gasteiger partial charge on any atom is -0.237 e. The maximum atomic E-state index is 4.36. The Hall–Kier alpha value is -1.49. The number of rotatable bonds is 0. The third-order valence-electron chi connectivity index (χ3n) is 1.98. The minimum absolute atomic E-state index is 0.743. The minimum atomic E-state index is 0.743. The zero-order chi connectivity index (χ0) is 9.54. The second kappa shape index (κ2) is 2.75. The summed E-state index contributed by atoms with van der Waals surface area (Å²) in [6.07, 6.45) is 3.65. The van der Waals surface area contributed by atoms with Gasteiger partial charge in [0.1, 0.15) is 4.60 Å². The lowest BCUT2D eigenvalue weighted by molar-refractivity contribution is 0.937. The van der Waals surface area contributed by atoms with Crippen LogP contribution < -0.4 is 0 Å². The zero-order valence-corrected chi connectivity index (χ0v) is 8.64. The van der Waals surface area contributed by atoms with E-state index in [2.05, 4.69) is 31.0 Å². The number of hydrogen-bond donors (Lipinski definition) is 0. The molecule has 0 aliphatic heterocycles. The molecule has 0 radical (unpaired) electrons. The quantitative estimate of drug-likeness (QED) is 0.612. The standard InChI is InChI=1S/C9H5BrN4/c10-7-4-8-12-9-6(2-1-3-11-9)5-14(8)13-7/h1-5H. The van der Waals surface area contributed by atoms with E-state index in [1.807, 2.05) is 24.4 Å². The molecule has 3 rings (SSSR count). The van der Waals surface area contributed by atoms with Crippen LogP contribution >= 0.6 is 15.9 Å². The first-order valence-corrected chi connectivity index (χ1v) is 4.89. The molecular formula is C9H5BrN4. The van der Waals surface area contributed by atoms with Gasteiger partial charge in [0.2, 0.25) is 0 Å². The van der Waals surface area contributed by atoms with Crippen LogP contribution in [-0.4, -0.2) is 19.6 Å². The van der Waals surface area contributed by atoms with Crippen LogP contribution in [0.3, 0.4) is 0 Å². The van der Waals surface area contributed by atoms with Crippen molar-refractivity contribution in [2.75, 3.05) is 0 Å². The van der Waals surface area contributed by atoms with Crippen molar-refractivity contribution in [3.63, 3.8) is 0 Å². The van der Waals surface area contributed by atoms with Crippen molar-refractivity contribution < 1.29 is 0 Å². The molecule has 0 aliphatic rings. The van der Waals surface area contributed by atoms with Crippen molar-refractivity contribution >= 4 is 32.6 Å². The maximum Gasteiger partial charge on any atom is 0.163 e. The molecule has 3 aromatic rings. The molecule has 68 valence electrons. The van der Waals surface area contributed by atoms with E-state index in [1.54, 1.807) is 10.7 Å². The molecule has 0 atom stereocenters. The number of halogens is 1. The predicted octanol–water partition coefficient (Wildman–Crippen LogP) is 2.04. The SMILES string of the molecule is Brc1cc2nc3ncccc3cn2n1. The highest BCUT2D eigenvalue weighted by Gasteiger charge is 2.02. The summed E-state index contributed by atoms with van der Waals surface area (Å²) in [5.41, 5.74) is 1.54. The van der Waals surface area contributed by atoms with Crippen molar-refractivity contribution in [1.29, 1.82) is 0 Å². The van der Waals surface area contributed by atoms with Gasteiger partial charge in [0.25, 0.3) is 0 Å². The first-order valence-electron chi connectivity index (χ1n) is 4.09. The molecule has 0 spiro atoms. The van der Waals surface area contributed by atoms with Gasteiger partial charge >= 0.3 is 0 Å². The molecule has 14 heavy (non-hydrogen) atoms. The Labute approximate surface area is 87.7 Å². The maximum absolute atomic E-state index is 4.36. The van der Waals surface area contributed by atoms with E-state index in [1.165, 1.54) is 0 Å². The third-order valence-corrected chi connectivity index (χ3v) is 2.37. The van der Waals surface area contributed by atoms with Gasteiger partial charge in [0, 0.05) is 23.8 Å². The van der Waals surface area contributed by atoms with Gasteiger partial charge in [-0.2, -0.15) is 5.10 Å². The van der Waals surface area contributed by atoms with Crippen LogP contribution in [0.25, 0.3) is 16.7 Å². The second-order valence-corrected chi connectivity index (χ2v) is 3.74. The molecule has 0 aromatic carbocycles. The third kappa shape index (κ3) is 1.09. The molecular weight excluding hydrogens is 244 g/mol. The highest BCUT2D eigenvalue weighted by atomic mass is 79.9. The van der Waals surface area contributed by atoms with E-state index in [-0.39, 0.29) is 0 Å². The molecule has 0 N–H and O–H groups in total. The van der Waals surface area contributed by atoms with Gasteiger partial charge in [-0.25, -0.2) is 14.5 Å². The summed E-state index contributed by atoms with van der Waals surface area (Å²) in [6, 6.07) is 5.70. The first kappa shape index (κ1) is 7.87. The highest BCUT2D eigenvalue weighted by molar-refractivity contribution is 9.10. The summed E-state index contributed by atoms with van der Waals surface area (Å²) in [5.74, 6) is 0. The van der Waals surface area contributed by atoms with E-state index in [9.17, 15) is 0 Å². The van der Waals surface area contributed by atoms with Crippen molar-refractivity contribution in [3.05, 3.63) is 35.2 Å². The van der Waals surface area contributed by atoms with Crippen LogP contribution in [0.4, 0.5) is 0 Å². The monoisotopic (exact) mass is 248 g/mol. The topological polar surface area (TPSA) is 43.1 Å². The van der Waals surface area contributed by atoms with Gasteiger partial charge in [0.15, 0.2) is 11.3 Å². The molecule has 4 nitrogen and oxygen atoms in total. The van der Waals surface area contributed by atoms with E-state index in [0.717, 1.165) is 21.3 Å². The van der Waals surface area contributed by atoms with E-state index in [0.29, 0.717) is 0 Å². The number of fused-ring (bicyclic) bond motifs is 2. The molecule has 0 amide bonds. The summed E-state index contributed by atoms with van der Waals surface area (Å²) in [4.78, 5) is 8.53. The first-order chi connectivity index (χ1) is 6.83. The van der Waals surface area contributed by atoms with Crippen molar-refractivity contribution in [2.45, 2.75) is 0 Å². The largest absolute Gasteiger partial charge is 0.237 e.